The Morgan fingerprint density at radius 2 is 1.20 bits per heavy atom. The molecule has 0 aliphatic carbocycles. The molecule has 4 aromatic carbocycles. The molecule has 7 amide bonds. The molecule has 0 spiro atoms. The van der Waals surface area contributed by atoms with E-state index in [1.807, 2.05) is 48.5 Å². The van der Waals surface area contributed by atoms with Crippen molar-refractivity contribution in [1.29, 1.82) is 0 Å². The molecule has 466 valence electrons. The fraction of sp³-hybridized carbons (Fsp3) is 0.492. The van der Waals surface area contributed by atoms with Crippen LogP contribution in [0.2, 0.25) is 0 Å². The fourth-order valence-corrected chi connectivity index (χ4v) is 10.8. The number of hydrogen-bond donors (Lipinski definition) is 15. The van der Waals surface area contributed by atoms with Gasteiger partial charge < -0.3 is 87.3 Å². The quantitative estimate of drug-likeness (QED) is 0.0525. The summed E-state index contributed by atoms with van der Waals surface area (Å²) in [7, 11) is 1.63. The standard InChI is InChI=1S/C61H81N9O16/c1-6-7-8-27-86-43-23-19-38(20-24-43)36-11-9-35(10-12-36)37-13-15-40(16-14-37)55(79)64-44-29-46(75)54(63-26-25-62-5)68-59(83)50-51(76)32(2)30-70(50)61(85)48(34(4)72)66-58(82)49(53(78)52(77)39-17-21-41(73)22-18-39)67-57(81)45-28-42(74)31-69(45)60(84)47(33(3)71)65-56(44)80/h9-24,32-34,42,44-54,62-63,71-78H,6-8,25-31H2,1-5H3,(H,64,79)(H,65,80)(H,66,82)(H,67,81)(H,68,83)/t32-,33+,34+,42+,44-,45?,46+,47?,48?,49?,50?,51-,52-,53-,54?/m0/s1. The minimum Gasteiger partial charge on any atom is -0.508 e. The highest BCUT2D eigenvalue weighted by Gasteiger charge is 2.50. The first-order valence-electron chi connectivity index (χ1n) is 29.0. The van der Waals surface area contributed by atoms with Gasteiger partial charge in [-0.2, -0.15) is 0 Å². The van der Waals surface area contributed by atoms with Crippen molar-refractivity contribution in [1.82, 2.24) is 47.0 Å². The molecule has 15 N–H and O–H groups in total. The Kier molecular flexibility index (Phi) is 23.1. The number of carbonyl (C=O) groups excluding carboxylic acids is 7. The lowest BCUT2D eigenvalue weighted by atomic mass is 9.96. The third-order valence-electron chi connectivity index (χ3n) is 15.8. The van der Waals surface area contributed by atoms with Gasteiger partial charge in [0.2, 0.25) is 35.4 Å². The van der Waals surface area contributed by atoms with Gasteiger partial charge in [-0.3, -0.25) is 38.9 Å². The zero-order chi connectivity index (χ0) is 62.5. The summed E-state index contributed by atoms with van der Waals surface area (Å²) in [6.07, 6.45) is -12.1. The van der Waals surface area contributed by atoms with Crippen LogP contribution in [0.4, 0.5) is 0 Å². The third kappa shape index (κ3) is 16.3. The normalized spacial score (nSPS) is 26.8. The second-order valence-electron chi connectivity index (χ2n) is 22.4. The number of carbonyl (C=O) groups is 7. The van der Waals surface area contributed by atoms with Crippen molar-refractivity contribution in [3.8, 4) is 33.8 Å². The highest BCUT2D eigenvalue weighted by atomic mass is 16.5. The first-order chi connectivity index (χ1) is 41.0. The summed E-state index contributed by atoms with van der Waals surface area (Å²) in [5.74, 6) is -8.09. The minimum absolute atomic E-state index is 0.0589. The monoisotopic (exact) mass is 1200 g/mol. The summed E-state index contributed by atoms with van der Waals surface area (Å²) in [5, 5.41) is 108. The number of rotatable bonds is 18. The summed E-state index contributed by atoms with van der Waals surface area (Å²) in [5.41, 5.74) is 3.51. The number of nitrogens with one attached hydrogen (secondary N) is 7. The zero-order valence-corrected chi connectivity index (χ0v) is 48.7. The number of aromatic hydroxyl groups is 1. The van der Waals surface area contributed by atoms with E-state index < -0.39 is 152 Å². The van der Waals surface area contributed by atoms with E-state index in [0.717, 1.165) is 70.9 Å². The molecule has 6 unspecified atom stereocenters. The van der Waals surface area contributed by atoms with Crippen LogP contribution in [0.25, 0.3) is 22.3 Å². The van der Waals surface area contributed by atoms with Gasteiger partial charge in [-0.05, 0) is 91.5 Å². The van der Waals surface area contributed by atoms with Crippen LogP contribution in [0, 0.1) is 5.92 Å². The minimum atomic E-state index is -2.28. The van der Waals surface area contributed by atoms with Gasteiger partial charge >= 0.3 is 0 Å². The first kappa shape index (κ1) is 65.9. The van der Waals surface area contributed by atoms with E-state index in [1.54, 1.807) is 19.2 Å². The van der Waals surface area contributed by atoms with E-state index in [-0.39, 0.29) is 36.5 Å². The zero-order valence-electron chi connectivity index (χ0n) is 48.7. The van der Waals surface area contributed by atoms with Crippen molar-refractivity contribution < 1.29 is 79.2 Å². The molecule has 7 rings (SSSR count). The SMILES string of the molecule is CCCCCOc1ccc(-c2ccc(-c3ccc(C(=O)N[C@H]4C[C@@H](O)C(NCCNC)NC(=O)C5[C@@H](O)[C@@H](C)CN5C(=O)C([C@@H](C)O)NC(=O)C([C@H](O)[C@@H](O)c5ccc(O)cc5)NC(=O)C5C[C@@H](O)CN5C(=O)C([C@@H](C)O)NC4=O)cc3)cc2)cc1. The van der Waals surface area contributed by atoms with Gasteiger partial charge in [-0.25, -0.2) is 0 Å². The van der Waals surface area contributed by atoms with Gasteiger partial charge in [-0.15, -0.1) is 0 Å². The van der Waals surface area contributed by atoms with Crippen molar-refractivity contribution in [3.05, 3.63) is 108 Å². The highest BCUT2D eigenvalue weighted by Crippen LogP contribution is 2.30. The van der Waals surface area contributed by atoms with Crippen LogP contribution in [0.15, 0.2) is 97.1 Å². The molecule has 15 atom stereocenters. The number of amides is 7. The smallest absolute Gasteiger partial charge is 0.251 e. The Morgan fingerprint density at radius 1 is 0.651 bits per heavy atom. The number of phenolic OH excluding ortho intramolecular Hbond substituents is 1. The maximum absolute atomic E-state index is 14.7. The van der Waals surface area contributed by atoms with Crippen LogP contribution >= 0.6 is 0 Å². The molecule has 25 heteroatoms. The topological polar surface area (TPSA) is 381 Å². The Hall–Kier alpha value is -7.59. The number of ether oxygens (including phenoxy) is 1. The van der Waals surface area contributed by atoms with E-state index in [2.05, 4.69) is 44.1 Å². The van der Waals surface area contributed by atoms with E-state index in [4.69, 9.17) is 4.74 Å². The molecular weight excluding hydrogens is 1110 g/mol. The van der Waals surface area contributed by atoms with Gasteiger partial charge in [0.05, 0.1) is 37.1 Å². The van der Waals surface area contributed by atoms with Crippen LogP contribution in [0.1, 0.15) is 81.8 Å². The number of unbranched alkanes of at least 4 members (excludes halogenated alkanes) is 2. The average Bonchev–Trinajstić information content (AvgIpc) is 2.84. The van der Waals surface area contributed by atoms with Crippen molar-refractivity contribution in [2.24, 2.45) is 5.92 Å². The largest absolute Gasteiger partial charge is 0.508 e. The van der Waals surface area contributed by atoms with Crippen molar-refractivity contribution in [2.75, 3.05) is 39.8 Å². The first-order valence-corrected chi connectivity index (χ1v) is 29.0. The molecule has 0 bridgehead atoms. The van der Waals surface area contributed by atoms with Crippen LogP contribution in [0.5, 0.6) is 11.5 Å². The molecule has 3 aliphatic rings. The highest BCUT2D eigenvalue weighted by molar-refractivity contribution is 6.00. The van der Waals surface area contributed by atoms with Gasteiger partial charge in [0.15, 0.2) is 0 Å². The Bertz CT molecular complexity index is 2950. The second kappa shape index (κ2) is 30.2. The maximum Gasteiger partial charge on any atom is 0.251 e. The summed E-state index contributed by atoms with van der Waals surface area (Å²) in [6.45, 7) is 6.02. The lowest BCUT2D eigenvalue weighted by molar-refractivity contribution is -0.148. The predicted octanol–water partition coefficient (Wildman–Crippen LogP) is -1.11. The molecule has 4 aromatic rings. The molecule has 3 fully saturated rings. The molecule has 25 nitrogen and oxygen atoms in total. The summed E-state index contributed by atoms with van der Waals surface area (Å²) in [6, 6.07) is 15.4. The Labute approximate surface area is 498 Å². The lowest BCUT2D eigenvalue weighted by Crippen LogP contribution is -2.64. The summed E-state index contributed by atoms with van der Waals surface area (Å²) >= 11 is 0. The van der Waals surface area contributed by atoms with Gasteiger partial charge in [0.25, 0.3) is 5.91 Å². The number of fused-ring (bicyclic) bond motifs is 2. The number of nitrogens with zero attached hydrogens (tertiary/aromatic N) is 2. The lowest BCUT2D eigenvalue weighted by Gasteiger charge is -2.34. The molecule has 86 heavy (non-hydrogen) atoms. The van der Waals surface area contributed by atoms with Crippen LogP contribution in [-0.4, -0.2) is 211 Å². The van der Waals surface area contributed by atoms with Crippen molar-refractivity contribution >= 4 is 41.4 Å². The van der Waals surface area contributed by atoms with E-state index in [9.17, 15) is 74.4 Å². The van der Waals surface area contributed by atoms with Crippen molar-refractivity contribution in [3.63, 3.8) is 0 Å². The average molecular weight is 1200 g/mol. The number of phenols is 1. The van der Waals surface area contributed by atoms with Gasteiger partial charge in [0, 0.05) is 50.5 Å². The Morgan fingerprint density at radius 3 is 1.77 bits per heavy atom. The molecule has 0 saturated carbocycles. The van der Waals surface area contributed by atoms with Gasteiger partial charge in [-0.1, -0.05) is 87.4 Å². The molecule has 0 aromatic heterocycles. The number of hydrogen-bond acceptors (Lipinski definition) is 18. The van der Waals surface area contributed by atoms with E-state index in [0.29, 0.717) is 6.61 Å². The predicted molar refractivity (Wildman–Crippen MR) is 313 cm³/mol. The van der Waals surface area contributed by atoms with E-state index in [1.165, 1.54) is 43.3 Å². The maximum atomic E-state index is 14.7. The Balaban J connectivity index is 1.22. The van der Waals surface area contributed by atoms with Gasteiger partial charge in [0.1, 0.15) is 66.1 Å². The number of benzene rings is 4. The fourth-order valence-electron chi connectivity index (χ4n) is 10.8. The third-order valence-corrected chi connectivity index (χ3v) is 15.8. The molecule has 0 radical (unpaired) electrons. The molecule has 3 saturated heterocycles. The van der Waals surface area contributed by atoms with Crippen LogP contribution < -0.4 is 42.0 Å². The van der Waals surface area contributed by atoms with Crippen LogP contribution in [0.3, 0.4) is 0 Å². The van der Waals surface area contributed by atoms with Crippen molar-refractivity contribution in [2.45, 2.75) is 145 Å². The molecular formula is C61H81N9O16. The summed E-state index contributed by atoms with van der Waals surface area (Å²) < 4.78 is 5.86. The van der Waals surface area contributed by atoms with E-state index >= 15 is 0 Å². The van der Waals surface area contributed by atoms with Crippen LogP contribution in [-0.2, 0) is 28.8 Å². The number of likely N-dealkylation sites (N-methyl/N-ethyl adjacent to an activating group) is 1. The molecule has 3 heterocycles. The molecule has 3 aliphatic heterocycles. The second-order valence-corrected chi connectivity index (χ2v) is 22.4. The number of aliphatic hydroxyl groups is 7. The summed E-state index contributed by atoms with van der Waals surface area (Å²) in [4.78, 5) is 104. The number of aliphatic hydroxyl groups excluding tert-OH is 7.